The van der Waals surface area contributed by atoms with E-state index in [-0.39, 0.29) is 0 Å². The van der Waals surface area contributed by atoms with E-state index < -0.39 is 0 Å². The Balaban J connectivity index is 1.86. The SMILES string of the molecule is CN(C)CC1CCN(c2ccncc2)CC1. The number of hydrogen-bond donors (Lipinski definition) is 0. The maximum atomic E-state index is 4.06. The van der Waals surface area contributed by atoms with Gasteiger partial charge in [0, 0.05) is 37.7 Å². The summed E-state index contributed by atoms with van der Waals surface area (Å²) in [4.78, 5) is 8.83. The minimum atomic E-state index is 0.869. The van der Waals surface area contributed by atoms with Gasteiger partial charge in [0.25, 0.3) is 0 Å². The maximum absolute atomic E-state index is 4.06. The Morgan fingerprint density at radius 3 is 2.44 bits per heavy atom. The van der Waals surface area contributed by atoms with Gasteiger partial charge < -0.3 is 9.80 Å². The average Bonchev–Trinajstić information content (AvgIpc) is 2.30. The quantitative estimate of drug-likeness (QED) is 0.773. The van der Waals surface area contributed by atoms with Gasteiger partial charge in [-0.15, -0.1) is 0 Å². The van der Waals surface area contributed by atoms with Crippen molar-refractivity contribution < 1.29 is 0 Å². The summed E-state index contributed by atoms with van der Waals surface area (Å²) < 4.78 is 0. The number of anilines is 1. The summed E-state index contributed by atoms with van der Waals surface area (Å²) >= 11 is 0. The first-order chi connectivity index (χ1) is 7.75. The van der Waals surface area contributed by atoms with Gasteiger partial charge in [0.05, 0.1) is 0 Å². The van der Waals surface area contributed by atoms with Gasteiger partial charge >= 0.3 is 0 Å². The van der Waals surface area contributed by atoms with Gasteiger partial charge in [0.15, 0.2) is 0 Å². The summed E-state index contributed by atoms with van der Waals surface area (Å²) in [5.41, 5.74) is 1.32. The van der Waals surface area contributed by atoms with E-state index in [1.54, 1.807) is 0 Å². The summed E-state index contributed by atoms with van der Waals surface area (Å²) in [6.07, 6.45) is 6.36. The van der Waals surface area contributed by atoms with Crippen LogP contribution in [0.3, 0.4) is 0 Å². The molecule has 1 aromatic rings. The summed E-state index contributed by atoms with van der Waals surface area (Å²) in [6.45, 7) is 3.59. The molecule has 88 valence electrons. The van der Waals surface area contributed by atoms with Crippen LogP contribution in [0.25, 0.3) is 0 Å². The van der Waals surface area contributed by atoms with E-state index in [2.05, 4.69) is 41.0 Å². The molecule has 0 unspecified atom stereocenters. The van der Waals surface area contributed by atoms with Gasteiger partial charge in [-0.1, -0.05) is 0 Å². The standard InChI is InChI=1S/C13H21N3/c1-15(2)11-12-5-9-16(10-6-12)13-3-7-14-8-4-13/h3-4,7-8,12H,5-6,9-11H2,1-2H3. The van der Waals surface area contributed by atoms with Crippen molar-refractivity contribution >= 4 is 5.69 Å². The maximum Gasteiger partial charge on any atom is 0.0397 e. The molecule has 1 aliphatic rings. The number of hydrogen-bond acceptors (Lipinski definition) is 3. The van der Waals surface area contributed by atoms with Crippen molar-refractivity contribution in [3.05, 3.63) is 24.5 Å². The molecule has 3 nitrogen and oxygen atoms in total. The van der Waals surface area contributed by atoms with Crippen LogP contribution in [0.4, 0.5) is 5.69 Å². The van der Waals surface area contributed by atoms with E-state index in [1.165, 1.54) is 38.2 Å². The molecule has 1 aromatic heterocycles. The smallest absolute Gasteiger partial charge is 0.0397 e. The van der Waals surface area contributed by atoms with Gasteiger partial charge in [-0.25, -0.2) is 0 Å². The van der Waals surface area contributed by atoms with Crippen LogP contribution in [0, 0.1) is 5.92 Å². The Kier molecular flexibility index (Phi) is 3.78. The van der Waals surface area contributed by atoms with Crippen LogP contribution < -0.4 is 4.90 Å². The first-order valence-electron chi connectivity index (χ1n) is 6.05. The topological polar surface area (TPSA) is 19.4 Å². The zero-order chi connectivity index (χ0) is 11.4. The highest BCUT2D eigenvalue weighted by Crippen LogP contribution is 2.22. The fourth-order valence-corrected chi connectivity index (χ4v) is 2.44. The van der Waals surface area contributed by atoms with Gasteiger partial charge in [0.2, 0.25) is 0 Å². The second-order valence-corrected chi connectivity index (χ2v) is 4.90. The Labute approximate surface area is 98.1 Å². The highest BCUT2D eigenvalue weighted by Gasteiger charge is 2.19. The van der Waals surface area contributed by atoms with Crippen LogP contribution >= 0.6 is 0 Å². The fourth-order valence-electron chi connectivity index (χ4n) is 2.44. The third-order valence-electron chi connectivity index (χ3n) is 3.27. The van der Waals surface area contributed by atoms with Crippen LogP contribution in [0.1, 0.15) is 12.8 Å². The Bertz CT molecular complexity index is 302. The molecule has 0 saturated carbocycles. The normalized spacial score (nSPS) is 18.1. The zero-order valence-corrected chi connectivity index (χ0v) is 10.3. The number of rotatable bonds is 3. The minimum absolute atomic E-state index is 0.869. The lowest BCUT2D eigenvalue weighted by Crippen LogP contribution is -2.37. The summed E-state index contributed by atoms with van der Waals surface area (Å²) in [5, 5.41) is 0. The molecule has 0 aromatic carbocycles. The predicted octanol–water partition coefficient (Wildman–Crippen LogP) is 1.86. The second kappa shape index (κ2) is 5.30. The van der Waals surface area contributed by atoms with Crippen molar-refractivity contribution in [2.45, 2.75) is 12.8 Å². The molecule has 1 fully saturated rings. The highest BCUT2D eigenvalue weighted by atomic mass is 15.1. The van der Waals surface area contributed by atoms with Crippen molar-refractivity contribution in [3.63, 3.8) is 0 Å². The Hall–Kier alpha value is -1.09. The molecule has 0 bridgehead atoms. The third kappa shape index (κ3) is 2.95. The summed E-state index contributed by atoms with van der Waals surface area (Å²) in [6, 6.07) is 4.21. The first kappa shape index (κ1) is 11.4. The van der Waals surface area contributed by atoms with Crippen LogP contribution in [-0.2, 0) is 0 Å². The molecule has 0 amide bonds. The van der Waals surface area contributed by atoms with E-state index in [0.717, 1.165) is 5.92 Å². The van der Waals surface area contributed by atoms with Gasteiger partial charge in [-0.2, -0.15) is 0 Å². The lowest BCUT2D eigenvalue weighted by Gasteiger charge is -2.34. The molecule has 0 aliphatic carbocycles. The minimum Gasteiger partial charge on any atom is -0.371 e. The van der Waals surface area contributed by atoms with E-state index in [9.17, 15) is 0 Å². The van der Waals surface area contributed by atoms with E-state index in [0.29, 0.717) is 0 Å². The number of nitrogens with zero attached hydrogens (tertiary/aromatic N) is 3. The van der Waals surface area contributed by atoms with Crippen molar-refractivity contribution in [1.82, 2.24) is 9.88 Å². The van der Waals surface area contributed by atoms with Crippen molar-refractivity contribution in [1.29, 1.82) is 0 Å². The first-order valence-corrected chi connectivity index (χ1v) is 6.05. The molecule has 1 aliphatic heterocycles. The van der Waals surface area contributed by atoms with E-state index >= 15 is 0 Å². The van der Waals surface area contributed by atoms with E-state index in [4.69, 9.17) is 0 Å². The van der Waals surface area contributed by atoms with Crippen LogP contribution in [-0.4, -0.2) is 43.6 Å². The molecule has 0 radical (unpaired) electrons. The third-order valence-corrected chi connectivity index (χ3v) is 3.27. The summed E-state index contributed by atoms with van der Waals surface area (Å²) in [5.74, 6) is 0.869. The van der Waals surface area contributed by atoms with Gasteiger partial charge in [-0.05, 0) is 45.0 Å². The molecular formula is C13H21N3. The number of aromatic nitrogens is 1. The summed E-state index contributed by atoms with van der Waals surface area (Å²) in [7, 11) is 4.32. The van der Waals surface area contributed by atoms with Crippen LogP contribution in [0.2, 0.25) is 0 Å². The van der Waals surface area contributed by atoms with Crippen LogP contribution in [0.15, 0.2) is 24.5 Å². The molecule has 16 heavy (non-hydrogen) atoms. The largest absolute Gasteiger partial charge is 0.371 e. The second-order valence-electron chi connectivity index (χ2n) is 4.90. The Morgan fingerprint density at radius 1 is 1.25 bits per heavy atom. The van der Waals surface area contributed by atoms with Crippen molar-refractivity contribution in [2.24, 2.45) is 5.92 Å². The lowest BCUT2D eigenvalue weighted by atomic mass is 9.96. The number of piperidine rings is 1. The monoisotopic (exact) mass is 219 g/mol. The molecule has 1 saturated heterocycles. The van der Waals surface area contributed by atoms with Crippen molar-refractivity contribution in [3.8, 4) is 0 Å². The molecular weight excluding hydrogens is 198 g/mol. The molecule has 2 heterocycles. The molecule has 0 spiro atoms. The molecule has 0 atom stereocenters. The van der Waals surface area contributed by atoms with E-state index in [1.807, 2.05) is 12.4 Å². The van der Waals surface area contributed by atoms with Gasteiger partial charge in [0.1, 0.15) is 0 Å². The molecule has 3 heteroatoms. The number of pyridine rings is 1. The van der Waals surface area contributed by atoms with Gasteiger partial charge in [-0.3, -0.25) is 4.98 Å². The molecule has 0 N–H and O–H groups in total. The highest BCUT2D eigenvalue weighted by molar-refractivity contribution is 5.44. The van der Waals surface area contributed by atoms with Crippen LogP contribution in [0.5, 0.6) is 0 Å². The predicted molar refractivity (Wildman–Crippen MR) is 67.7 cm³/mol. The molecule has 2 rings (SSSR count). The average molecular weight is 219 g/mol. The fraction of sp³-hybridized carbons (Fsp3) is 0.615. The lowest BCUT2D eigenvalue weighted by molar-refractivity contribution is 0.285. The van der Waals surface area contributed by atoms with Crippen molar-refractivity contribution in [2.75, 3.05) is 38.6 Å². The zero-order valence-electron chi connectivity index (χ0n) is 10.3. The Morgan fingerprint density at radius 2 is 1.88 bits per heavy atom.